The van der Waals surface area contributed by atoms with Gasteiger partial charge in [-0.3, -0.25) is 0 Å². The first-order chi connectivity index (χ1) is 3.81. The topological polar surface area (TPSA) is 48.8 Å². The standard InChI is InChI=1S/C5H7N3/c1-3-5(2)4-7-8-6/h1,5H,4H2,2H3. The van der Waals surface area contributed by atoms with Gasteiger partial charge in [-0.05, 0) is 5.53 Å². The second-order valence-electron chi connectivity index (χ2n) is 1.48. The highest BCUT2D eigenvalue weighted by molar-refractivity contribution is 4.91. The van der Waals surface area contributed by atoms with Crippen molar-refractivity contribution in [3.05, 3.63) is 10.4 Å². The number of terminal acetylenes is 1. The first-order valence-electron chi connectivity index (χ1n) is 2.28. The first-order valence-corrected chi connectivity index (χ1v) is 2.28. The fourth-order valence-corrected chi connectivity index (χ4v) is 0.212. The summed E-state index contributed by atoms with van der Waals surface area (Å²) >= 11 is 0. The fourth-order valence-electron chi connectivity index (χ4n) is 0.212. The zero-order valence-electron chi connectivity index (χ0n) is 4.70. The van der Waals surface area contributed by atoms with Gasteiger partial charge >= 0.3 is 0 Å². The van der Waals surface area contributed by atoms with Gasteiger partial charge in [0.25, 0.3) is 0 Å². The number of nitrogens with zero attached hydrogens (tertiary/aromatic N) is 3. The van der Waals surface area contributed by atoms with Gasteiger partial charge in [0.15, 0.2) is 0 Å². The predicted molar refractivity (Wildman–Crippen MR) is 32.0 cm³/mol. The quantitative estimate of drug-likeness (QED) is 0.223. The van der Waals surface area contributed by atoms with Gasteiger partial charge in [0.05, 0.1) is 0 Å². The lowest BCUT2D eigenvalue weighted by atomic mass is 10.2. The Morgan fingerprint density at radius 3 is 3.00 bits per heavy atom. The van der Waals surface area contributed by atoms with E-state index in [1.165, 1.54) is 0 Å². The third kappa shape index (κ3) is 3.08. The minimum Gasteiger partial charge on any atom is -0.120 e. The Hall–Kier alpha value is -1.13. The van der Waals surface area contributed by atoms with Gasteiger partial charge in [0, 0.05) is 17.4 Å². The smallest absolute Gasteiger partial charge is 0.0393 e. The molecule has 0 aliphatic heterocycles. The van der Waals surface area contributed by atoms with Gasteiger partial charge in [0.2, 0.25) is 0 Å². The van der Waals surface area contributed by atoms with E-state index in [0.717, 1.165) is 0 Å². The molecule has 0 aromatic heterocycles. The second kappa shape index (κ2) is 4.04. The largest absolute Gasteiger partial charge is 0.120 e. The molecule has 3 nitrogen and oxygen atoms in total. The molecule has 0 bridgehead atoms. The summed E-state index contributed by atoms with van der Waals surface area (Å²) in [5.41, 5.74) is 7.80. The predicted octanol–water partition coefficient (Wildman–Crippen LogP) is 1.57. The van der Waals surface area contributed by atoms with Crippen molar-refractivity contribution in [2.24, 2.45) is 11.0 Å². The fraction of sp³-hybridized carbons (Fsp3) is 0.600. The molecule has 0 aromatic rings. The van der Waals surface area contributed by atoms with E-state index in [1.54, 1.807) is 0 Å². The Kier molecular flexibility index (Phi) is 3.47. The normalized spacial score (nSPS) is 11.0. The van der Waals surface area contributed by atoms with Crippen LogP contribution < -0.4 is 0 Å². The highest BCUT2D eigenvalue weighted by atomic mass is 15.1. The molecule has 0 aromatic carbocycles. The maximum atomic E-state index is 7.80. The Bertz CT molecular complexity index is 138. The van der Waals surface area contributed by atoms with Crippen LogP contribution in [0.2, 0.25) is 0 Å². The Balaban J connectivity index is 3.43. The average molecular weight is 109 g/mol. The number of azide groups is 1. The summed E-state index contributed by atoms with van der Waals surface area (Å²) in [6.45, 7) is 2.22. The lowest BCUT2D eigenvalue weighted by molar-refractivity contribution is 0.763. The molecular formula is C5H7N3. The Morgan fingerprint density at radius 2 is 2.62 bits per heavy atom. The molecule has 0 amide bonds. The van der Waals surface area contributed by atoms with Gasteiger partial charge in [0.1, 0.15) is 0 Å². The molecule has 0 saturated carbocycles. The highest BCUT2D eigenvalue weighted by Gasteiger charge is 1.89. The monoisotopic (exact) mass is 109 g/mol. The van der Waals surface area contributed by atoms with E-state index in [-0.39, 0.29) is 5.92 Å². The summed E-state index contributed by atoms with van der Waals surface area (Å²) in [5, 5.41) is 3.28. The summed E-state index contributed by atoms with van der Waals surface area (Å²) in [4.78, 5) is 2.55. The van der Waals surface area contributed by atoms with Crippen LogP contribution in [0.3, 0.4) is 0 Å². The summed E-state index contributed by atoms with van der Waals surface area (Å²) in [6, 6.07) is 0. The lowest BCUT2D eigenvalue weighted by Gasteiger charge is -1.91. The van der Waals surface area contributed by atoms with Crippen molar-refractivity contribution in [2.75, 3.05) is 6.54 Å². The summed E-state index contributed by atoms with van der Waals surface area (Å²) in [6.07, 6.45) is 4.98. The van der Waals surface area contributed by atoms with Crippen LogP contribution in [-0.4, -0.2) is 6.54 Å². The van der Waals surface area contributed by atoms with E-state index in [2.05, 4.69) is 15.9 Å². The third-order valence-corrected chi connectivity index (χ3v) is 0.703. The average Bonchev–Trinajstić information content (AvgIpc) is 1.83. The molecule has 0 spiro atoms. The Morgan fingerprint density at radius 1 is 2.00 bits per heavy atom. The molecule has 0 fully saturated rings. The van der Waals surface area contributed by atoms with E-state index < -0.39 is 0 Å². The van der Waals surface area contributed by atoms with Gasteiger partial charge in [-0.1, -0.05) is 12.0 Å². The SMILES string of the molecule is C#CC(C)CN=[N+]=[N-]. The molecular weight excluding hydrogens is 102 g/mol. The van der Waals surface area contributed by atoms with Gasteiger partial charge in [-0.15, -0.1) is 12.3 Å². The van der Waals surface area contributed by atoms with Crippen molar-refractivity contribution in [1.29, 1.82) is 0 Å². The molecule has 0 aliphatic carbocycles. The van der Waals surface area contributed by atoms with Gasteiger partial charge in [-0.25, -0.2) is 0 Å². The first kappa shape index (κ1) is 6.87. The Labute approximate surface area is 48.3 Å². The van der Waals surface area contributed by atoms with Crippen LogP contribution in [-0.2, 0) is 0 Å². The molecule has 0 aliphatic rings. The van der Waals surface area contributed by atoms with Crippen molar-refractivity contribution in [2.45, 2.75) is 6.92 Å². The zero-order chi connectivity index (χ0) is 6.41. The van der Waals surface area contributed by atoms with Crippen LogP contribution in [0.25, 0.3) is 10.4 Å². The molecule has 0 heterocycles. The van der Waals surface area contributed by atoms with Crippen LogP contribution in [0.15, 0.2) is 5.11 Å². The maximum absolute atomic E-state index is 7.80. The number of hydrogen-bond acceptors (Lipinski definition) is 1. The van der Waals surface area contributed by atoms with Crippen molar-refractivity contribution in [3.63, 3.8) is 0 Å². The van der Waals surface area contributed by atoms with Crippen molar-refractivity contribution in [3.8, 4) is 12.3 Å². The lowest BCUT2D eigenvalue weighted by Crippen LogP contribution is -1.91. The summed E-state index contributed by atoms with van der Waals surface area (Å²) in [7, 11) is 0. The van der Waals surface area contributed by atoms with Crippen LogP contribution >= 0.6 is 0 Å². The summed E-state index contributed by atoms with van der Waals surface area (Å²) < 4.78 is 0. The van der Waals surface area contributed by atoms with Crippen LogP contribution in [0.5, 0.6) is 0 Å². The molecule has 8 heavy (non-hydrogen) atoms. The van der Waals surface area contributed by atoms with E-state index in [4.69, 9.17) is 12.0 Å². The molecule has 42 valence electrons. The van der Waals surface area contributed by atoms with E-state index in [1.807, 2.05) is 6.92 Å². The van der Waals surface area contributed by atoms with E-state index in [9.17, 15) is 0 Å². The van der Waals surface area contributed by atoms with Gasteiger partial charge < -0.3 is 0 Å². The molecule has 0 N–H and O–H groups in total. The van der Waals surface area contributed by atoms with E-state index in [0.29, 0.717) is 6.54 Å². The molecule has 0 rings (SSSR count). The van der Waals surface area contributed by atoms with Crippen molar-refractivity contribution in [1.82, 2.24) is 0 Å². The minimum atomic E-state index is 0.0610. The summed E-state index contributed by atoms with van der Waals surface area (Å²) in [5.74, 6) is 2.50. The zero-order valence-corrected chi connectivity index (χ0v) is 4.70. The van der Waals surface area contributed by atoms with Crippen LogP contribution in [0.1, 0.15) is 6.92 Å². The van der Waals surface area contributed by atoms with Gasteiger partial charge in [-0.2, -0.15) is 0 Å². The highest BCUT2D eigenvalue weighted by Crippen LogP contribution is 1.90. The third-order valence-electron chi connectivity index (χ3n) is 0.703. The van der Waals surface area contributed by atoms with Crippen LogP contribution in [0, 0.1) is 18.3 Å². The number of rotatable bonds is 2. The molecule has 0 saturated heterocycles. The minimum absolute atomic E-state index is 0.0610. The van der Waals surface area contributed by atoms with E-state index >= 15 is 0 Å². The maximum Gasteiger partial charge on any atom is 0.0393 e. The number of hydrogen-bond donors (Lipinski definition) is 0. The molecule has 1 atom stereocenters. The second-order valence-corrected chi connectivity index (χ2v) is 1.48. The van der Waals surface area contributed by atoms with Crippen molar-refractivity contribution < 1.29 is 0 Å². The molecule has 0 radical (unpaired) electrons. The van der Waals surface area contributed by atoms with Crippen molar-refractivity contribution >= 4 is 0 Å². The van der Waals surface area contributed by atoms with Crippen LogP contribution in [0.4, 0.5) is 0 Å². The molecule has 1 unspecified atom stereocenters. The molecule has 3 heteroatoms.